The fraction of sp³-hybridized carbons (Fsp3) is 0.923. The van der Waals surface area contributed by atoms with E-state index in [4.69, 9.17) is 4.74 Å². The molecule has 1 aliphatic heterocycles. The van der Waals surface area contributed by atoms with Crippen LogP contribution in [0, 0.1) is 39.9 Å². The maximum absolute atomic E-state index is 13.6. The van der Waals surface area contributed by atoms with Crippen LogP contribution < -0.4 is 0 Å². The molecule has 5 rings (SSSR count). The monoisotopic (exact) mass is 431 g/mol. The molecule has 0 aromatic heterocycles. The first-order chi connectivity index (χ1) is 14.8. The molecule has 4 bridgehead atoms. The number of morpholine rings is 1. The number of aliphatic carboxylic acids is 1. The van der Waals surface area contributed by atoms with Gasteiger partial charge in [0, 0.05) is 19.0 Å². The summed E-state index contributed by atoms with van der Waals surface area (Å²) < 4.78 is 5.49. The fourth-order valence-corrected chi connectivity index (χ4v) is 9.51. The predicted molar refractivity (Wildman–Crippen MR) is 118 cm³/mol. The molecule has 0 aromatic carbocycles. The van der Waals surface area contributed by atoms with Crippen molar-refractivity contribution in [3.63, 3.8) is 0 Å². The van der Waals surface area contributed by atoms with Crippen LogP contribution in [0.3, 0.4) is 0 Å². The van der Waals surface area contributed by atoms with Gasteiger partial charge in [0.1, 0.15) is 0 Å². The normalized spacial score (nSPS) is 47.6. The lowest BCUT2D eigenvalue weighted by Gasteiger charge is -2.66. The minimum Gasteiger partial charge on any atom is -0.481 e. The zero-order valence-corrected chi connectivity index (χ0v) is 19.5. The van der Waals surface area contributed by atoms with Crippen molar-refractivity contribution in [3.05, 3.63) is 0 Å². The van der Waals surface area contributed by atoms with Crippen molar-refractivity contribution in [2.24, 2.45) is 39.9 Å². The van der Waals surface area contributed by atoms with Crippen LogP contribution in [0.2, 0.25) is 0 Å². The average molecular weight is 432 g/mol. The van der Waals surface area contributed by atoms with Crippen LogP contribution in [0.4, 0.5) is 0 Å². The Bertz CT molecular complexity index is 729. The van der Waals surface area contributed by atoms with Gasteiger partial charge in [0.25, 0.3) is 0 Å². The number of hydrogen-bond acceptors (Lipinski definition) is 3. The van der Waals surface area contributed by atoms with Crippen molar-refractivity contribution in [1.82, 2.24) is 4.90 Å². The predicted octanol–water partition coefficient (Wildman–Crippen LogP) is 4.74. The van der Waals surface area contributed by atoms with Gasteiger partial charge >= 0.3 is 5.97 Å². The number of hydrogen-bond donors (Lipinski definition) is 1. The van der Waals surface area contributed by atoms with Gasteiger partial charge in [-0.2, -0.15) is 0 Å². The van der Waals surface area contributed by atoms with E-state index in [-0.39, 0.29) is 16.7 Å². The number of carbonyl (C=O) groups excluding carboxylic acids is 1. The zero-order chi connectivity index (χ0) is 21.9. The molecule has 31 heavy (non-hydrogen) atoms. The number of carboxylic acids is 1. The summed E-state index contributed by atoms with van der Waals surface area (Å²) in [6.45, 7) is 7.47. The second kappa shape index (κ2) is 7.74. The molecular formula is C26H41NO4. The van der Waals surface area contributed by atoms with Crippen molar-refractivity contribution < 1.29 is 19.4 Å². The van der Waals surface area contributed by atoms with E-state index < -0.39 is 11.4 Å². The molecule has 5 heteroatoms. The van der Waals surface area contributed by atoms with E-state index in [0.717, 1.165) is 51.6 Å². The van der Waals surface area contributed by atoms with Gasteiger partial charge in [-0.05, 0) is 92.8 Å². The summed E-state index contributed by atoms with van der Waals surface area (Å²) in [5.41, 5.74) is -0.268. The Morgan fingerprint density at radius 2 is 1.65 bits per heavy atom. The fourth-order valence-electron chi connectivity index (χ4n) is 9.51. The van der Waals surface area contributed by atoms with Crippen LogP contribution >= 0.6 is 0 Å². The van der Waals surface area contributed by atoms with Crippen LogP contribution in [-0.4, -0.2) is 48.2 Å². The number of rotatable bonds is 3. The summed E-state index contributed by atoms with van der Waals surface area (Å²) in [5, 5.41) is 10.3. The highest BCUT2D eigenvalue weighted by Gasteiger charge is 2.64. The molecule has 1 amide bonds. The molecule has 0 radical (unpaired) electrons. The summed E-state index contributed by atoms with van der Waals surface area (Å²) in [5.74, 6) is 1.69. The van der Waals surface area contributed by atoms with E-state index in [1.807, 2.05) is 0 Å². The average Bonchev–Trinajstić information content (AvgIpc) is 2.72. The molecular weight excluding hydrogens is 390 g/mol. The summed E-state index contributed by atoms with van der Waals surface area (Å²) >= 11 is 0. The number of nitrogens with zero attached hydrogens (tertiary/aromatic N) is 1. The lowest BCUT2D eigenvalue weighted by molar-refractivity contribution is -0.188. The van der Waals surface area contributed by atoms with Crippen molar-refractivity contribution in [1.29, 1.82) is 0 Å². The molecule has 5 nitrogen and oxygen atoms in total. The van der Waals surface area contributed by atoms with E-state index in [1.54, 1.807) is 0 Å². The van der Waals surface area contributed by atoms with E-state index in [1.165, 1.54) is 32.1 Å². The highest BCUT2D eigenvalue weighted by atomic mass is 16.5. The number of fused-ring (bicyclic) bond motifs is 5. The molecule has 1 N–H and O–H groups in total. The molecule has 4 aliphatic carbocycles. The Labute approximate surface area is 187 Å². The van der Waals surface area contributed by atoms with Crippen LogP contribution in [-0.2, 0) is 14.3 Å². The number of carbonyl (C=O) groups is 2. The van der Waals surface area contributed by atoms with Crippen LogP contribution in [0.5, 0.6) is 0 Å². The van der Waals surface area contributed by atoms with Gasteiger partial charge in [0.2, 0.25) is 5.91 Å². The smallest absolute Gasteiger partial charge is 0.309 e. The van der Waals surface area contributed by atoms with Crippen LogP contribution in [0.15, 0.2) is 0 Å². The molecule has 0 spiro atoms. The lowest BCUT2D eigenvalue weighted by atomic mass is 9.38. The van der Waals surface area contributed by atoms with Crippen LogP contribution in [0.25, 0.3) is 0 Å². The van der Waals surface area contributed by atoms with E-state index in [9.17, 15) is 14.7 Å². The first-order valence-electron chi connectivity index (χ1n) is 12.9. The largest absolute Gasteiger partial charge is 0.481 e. The summed E-state index contributed by atoms with van der Waals surface area (Å²) in [4.78, 5) is 28.1. The molecule has 5 fully saturated rings. The van der Waals surface area contributed by atoms with Crippen LogP contribution in [0.1, 0.15) is 84.5 Å². The van der Waals surface area contributed by atoms with Crippen molar-refractivity contribution in [2.75, 3.05) is 26.3 Å². The number of amides is 1. The molecule has 1 heterocycles. The maximum atomic E-state index is 13.6. The Morgan fingerprint density at radius 3 is 2.39 bits per heavy atom. The Kier molecular flexibility index (Phi) is 5.43. The molecule has 1 saturated heterocycles. The van der Waals surface area contributed by atoms with Crippen molar-refractivity contribution in [2.45, 2.75) is 84.5 Å². The Hall–Kier alpha value is -1.10. The molecule has 174 valence electrons. The SMILES string of the molecule is CC1CC2CC(C(=O)N3CCOCC3)CC(C34CCCC(C(=O)O)(CC(C)C3)C4)(C1)C2. The molecule has 7 atom stereocenters. The zero-order valence-electron chi connectivity index (χ0n) is 19.5. The minimum atomic E-state index is -0.559. The number of ether oxygens (including phenoxy) is 1. The highest BCUT2D eigenvalue weighted by Crippen LogP contribution is 2.71. The summed E-state index contributed by atoms with van der Waals surface area (Å²) in [7, 11) is 0. The minimum absolute atomic E-state index is 0.109. The highest BCUT2D eigenvalue weighted by molar-refractivity contribution is 5.79. The Morgan fingerprint density at radius 1 is 0.903 bits per heavy atom. The van der Waals surface area contributed by atoms with Gasteiger partial charge in [-0.1, -0.05) is 20.3 Å². The van der Waals surface area contributed by atoms with Gasteiger partial charge in [0.05, 0.1) is 18.6 Å². The van der Waals surface area contributed by atoms with Crippen molar-refractivity contribution in [3.8, 4) is 0 Å². The van der Waals surface area contributed by atoms with E-state index in [0.29, 0.717) is 36.9 Å². The van der Waals surface area contributed by atoms with Gasteiger partial charge < -0.3 is 14.7 Å². The molecule has 4 saturated carbocycles. The first kappa shape index (κ1) is 21.7. The second-order valence-corrected chi connectivity index (χ2v) is 12.4. The molecule has 7 unspecified atom stereocenters. The van der Waals surface area contributed by atoms with Crippen molar-refractivity contribution >= 4 is 11.9 Å². The van der Waals surface area contributed by atoms with Gasteiger partial charge in [-0.25, -0.2) is 0 Å². The van der Waals surface area contributed by atoms with Gasteiger partial charge in [0.15, 0.2) is 0 Å². The Balaban J connectivity index is 1.49. The van der Waals surface area contributed by atoms with E-state index >= 15 is 0 Å². The first-order valence-corrected chi connectivity index (χ1v) is 12.9. The third-order valence-corrected chi connectivity index (χ3v) is 10.1. The topological polar surface area (TPSA) is 66.8 Å². The summed E-state index contributed by atoms with van der Waals surface area (Å²) in [6.07, 6.45) is 11.6. The summed E-state index contributed by atoms with van der Waals surface area (Å²) in [6, 6.07) is 0. The number of carboxylic acid groups (broad SMARTS) is 1. The quantitative estimate of drug-likeness (QED) is 0.701. The third-order valence-electron chi connectivity index (χ3n) is 10.1. The lowest BCUT2D eigenvalue weighted by Crippen LogP contribution is -2.59. The van der Waals surface area contributed by atoms with Gasteiger partial charge in [-0.3, -0.25) is 9.59 Å². The van der Waals surface area contributed by atoms with Gasteiger partial charge in [-0.15, -0.1) is 0 Å². The standard InChI is InChI=1S/C26H41NO4/c1-18-10-20-11-21(22(28)27-6-8-31-9-7-27)16-26(13-18,15-20)25-5-3-4-24(17-25,23(29)30)12-19(2)14-25/h18-21H,3-17H2,1-2H3,(H,29,30). The molecule has 5 aliphatic rings. The maximum Gasteiger partial charge on any atom is 0.309 e. The van der Waals surface area contributed by atoms with E-state index in [2.05, 4.69) is 18.7 Å². The third kappa shape index (κ3) is 3.54. The molecule has 0 aromatic rings. The second-order valence-electron chi connectivity index (χ2n) is 12.4.